The molecule has 0 aliphatic rings. The minimum Gasteiger partial charge on any atom is -0.497 e. The maximum atomic E-state index is 9.28. The van der Waals surface area contributed by atoms with E-state index in [-0.39, 0.29) is 0 Å². The lowest BCUT2D eigenvalue weighted by atomic mass is 9.95. The molecule has 21 heavy (non-hydrogen) atoms. The molecule has 0 aliphatic heterocycles. The molecule has 2 aromatic carbocycles. The van der Waals surface area contributed by atoms with Crippen molar-refractivity contribution in [1.82, 2.24) is 0 Å². The highest BCUT2D eigenvalue weighted by Gasteiger charge is 2.12. The highest BCUT2D eigenvalue weighted by atomic mass is 16.5. The Morgan fingerprint density at radius 1 is 0.857 bits per heavy atom. The summed E-state index contributed by atoms with van der Waals surface area (Å²) < 4.78 is 10.2. The summed E-state index contributed by atoms with van der Waals surface area (Å²) in [5, 5.41) is 18.6. The smallest absolute Gasteiger partial charge is 0.121 e. The van der Waals surface area contributed by atoms with E-state index in [1.54, 1.807) is 19.2 Å². The number of benzene rings is 2. The fraction of sp³-hybridized carbons (Fsp3) is 0.176. The summed E-state index contributed by atoms with van der Waals surface area (Å²) in [5.41, 5.74) is 2.64. The standard InChI is InChI=1S/C17H14N2O2/c1-20-15-5-3-12(4-6-15)7-17-13(10-18)8-16(21-2)9-14(17)11-19/h3-6,8-9H,7H2,1-2H3. The monoisotopic (exact) mass is 278 g/mol. The quantitative estimate of drug-likeness (QED) is 0.862. The number of hydrogen-bond donors (Lipinski definition) is 0. The molecule has 0 saturated heterocycles. The molecule has 0 bridgehead atoms. The van der Waals surface area contributed by atoms with Gasteiger partial charge >= 0.3 is 0 Å². The second-order valence-electron chi connectivity index (χ2n) is 4.45. The zero-order valence-corrected chi connectivity index (χ0v) is 11.9. The van der Waals surface area contributed by atoms with Gasteiger partial charge in [0.2, 0.25) is 0 Å². The number of hydrogen-bond acceptors (Lipinski definition) is 4. The Bertz CT molecular complexity index is 687. The summed E-state index contributed by atoms with van der Waals surface area (Å²) in [6.45, 7) is 0. The van der Waals surface area contributed by atoms with Crippen LogP contribution >= 0.6 is 0 Å². The van der Waals surface area contributed by atoms with Gasteiger partial charge in [-0.15, -0.1) is 0 Å². The SMILES string of the molecule is COc1ccc(Cc2c(C#N)cc(OC)cc2C#N)cc1. The number of nitrogens with zero attached hydrogens (tertiary/aromatic N) is 2. The van der Waals surface area contributed by atoms with Crippen molar-refractivity contribution in [1.29, 1.82) is 10.5 Å². The van der Waals surface area contributed by atoms with E-state index in [2.05, 4.69) is 12.1 Å². The van der Waals surface area contributed by atoms with Gasteiger partial charge in [0.25, 0.3) is 0 Å². The van der Waals surface area contributed by atoms with E-state index in [1.165, 1.54) is 7.11 Å². The van der Waals surface area contributed by atoms with E-state index in [4.69, 9.17) is 9.47 Å². The summed E-state index contributed by atoms with van der Waals surface area (Å²) in [7, 11) is 3.13. The molecule has 2 rings (SSSR count). The Kier molecular flexibility index (Phi) is 4.43. The van der Waals surface area contributed by atoms with E-state index in [9.17, 15) is 10.5 Å². The van der Waals surface area contributed by atoms with Crippen LogP contribution < -0.4 is 9.47 Å². The van der Waals surface area contributed by atoms with Gasteiger partial charge in [0, 0.05) is 6.42 Å². The second-order valence-corrected chi connectivity index (χ2v) is 4.45. The Morgan fingerprint density at radius 3 is 1.81 bits per heavy atom. The van der Waals surface area contributed by atoms with Gasteiger partial charge in [-0.3, -0.25) is 0 Å². The lowest BCUT2D eigenvalue weighted by molar-refractivity contribution is 0.414. The minimum absolute atomic E-state index is 0.460. The van der Waals surface area contributed by atoms with Crippen LogP contribution in [-0.2, 0) is 6.42 Å². The maximum absolute atomic E-state index is 9.28. The molecular formula is C17H14N2O2. The second kappa shape index (κ2) is 6.45. The van der Waals surface area contributed by atoms with Crippen LogP contribution in [0.15, 0.2) is 36.4 Å². The lowest BCUT2D eigenvalue weighted by Crippen LogP contribution is -1.99. The molecule has 4 heteroatoms. The highest BCUT2D eigenvalue weighted by molar-refractivity contribution is 5.54. The highest BCUT2D eigenvalue weighted by Crippen LogP contribution is 2.25. The number of nitriles is 2. The van der Waals surface area contributed by atoms with Crippen molar-refractivity contribution in [2.75, 3.05) is 14.2 Å². The Labute approximate surface area is 123 Å². The first-order valence-electron chi connectivity index (χ1n) is 6.36. The molecule has 0 fully saturated rings. The molecule has 0 atom stereocenters. The molecule has 0 aliphatic carbocycles. The number of rotatable bonds is 4. The van der Waals surface area contributed by atoms with E-state index >= 15 is 0 Å². The van der Waals surface area contributed by atoms with Crippen LogP contribution in [0.3, 0.4) is 0 Å². The van der Waals surface area contributed by atoms with Crippen LogP contribution in [0, 0.1) is 22.7 Å². The van der Waals surface area contributed by atoms with Crippen LogP contribution in [0.4, 0.5) is 0 Å². The minimum atomic E-state index is 0.460. The molecule has 0 radical (unpaired) electrons. The van der Waals surface area contributed by atoms with Crippen LogP contribution in [0.1, 0.15) is 22.3 Å². The topological polar surface area (TPSA) is 66.0 Å². The molecule has 0 saturated carbocycles. The number of methoxy groups -OCH3 is 2. The Balaban J connectivity index is 2.43. The first kappa shape index (κ1) is 14.4. The van der Waals surface area contributed by atoms with Gasteiger partial charge < -0.3 is 9.47 Å². The van der Waals surface area contributed by atoms with Crippen LogP contribution in [-0.4, -0.2) is 14.2 Å². The third-order valence-corrected chi connectivity index (χ3v) is 3.24. The molecule has 0 spiro atoms. The molecule has 0 aromatic heterocycles. The average Bonchev–Trinajstić information content (AvgIpc) is 2.55. The van der Waals surface area contributed by atoms with Crippen molar-refractivity contribution in [2.45, 2.75) is 6.42 Å². The summed E-state index contributed by atoms with van der Waals surface area (Å²) in [4.78, 5) is 0. The predicted molar refractivity (Wildman–Crippen MR) is 78.2 cm³/mol. The molecule has 0 unspecified atom stereocenters. The van der Waals surface area contributed by atoms with Gasteiger partial charge in [0.1, 0.15) is 11.5 Å². The van der Waals surface area contributed by atoms with Crippen molar-refractivity contribution in [3.63, 3.8) is 0 Å². The maximum Gasteiger partial charge on any atom is 0.121 e. The van der Waals surface area contributed by atoms with Crippen molar-refractivity contribution in [3.8, 4) is 23.6 Å². The molecule has 0 amide bonds. The molecule has 0 N–H and O–H groups in total. The van der Waals surface area contributed by atoms with Crippen LogP contribution in [0.2, 0.25) is 0 Å². The summed E-state index contributed by atoms with van der Waals surface area (Å²) in [6, 6.07) is 15.1. The fourth-order valence-corrected chi connectivity index (χ4v) is 2.10. The van der Waals surface area contributed by atoms with E-state index in [0.717, 1.165) is 11.3 Å². The van der Waals surface area contributed by atoms with Gasteiger partial charge in [0.05, 0.1) is 37.5 Å². The summed E-state index contributed by atoms with van der Waals surface area (Å²) >= 11 is 0. The van der Waals surface area contributed by atoms with E-state index in [0.29, 0.717) is 28.9 Å². The van der Waals surface area contributed by atoms with E-state index < -0.39 is 0 Å². The van der Waals surface area contributed by atoms with Gasteiger partial charge in [-0.05, 0) is 35.4 Å². The van der Waals surface area contributed by atoms with Crippen LogP contribution in [0.5, 0.6) is 11.5 Å². The van der Waals surface area contributed by atoms with E-state index in [1.807, 2.05) is 24.3 Å². The molecular weight excluding hydrogens is 264 g/mol. The van der Waals surface area contributed by atoms with Gasteiger partial charge in [0.15, 0.2) is 0 Å². The van der Waals surface area contributed by atoms with Crippen molar-refractivity contribution in [3.05, 3.63) is 58.7 Å². The number of ether oxygens (including phenoxy) is 2. The molecule has 4 nitrogen and oxygen atoms in total. The third kappa shape index (κ3) is 3.13. The first-order chi connectivity index (χ1) is 10.2. The van der Waals surface area contributed by atoms with Gasteiger partial charge in [-0.2, -0.15) is 10.5 Å². The zero-order chi connectivity index (χ0) is 15.2. The molecule has 2 aromatic rings. The zero-order valence-electron chi connectivity index (χ0n) is 11.9. The lowest BCUT2D eigenvalue weighted by Gasteiger charge is -2.10. The van der Waals surface area contributed by atoms with Crippen molar-refractivity contribution >= 4 is 0 Å². The summed E-state index contributed by atoms with van der Waals surface area (Å²) in [6.07, 6.45) is 0.514. The van der Waals surface area contributed by atoms with Gasteiger partial charge in [-0.1, -0.05) is 12.1 Å². The Hall–Kier alpha value is -2.98. The Morgan fingerprint density at radius 2 is 1.38 bits per heavy atom. The van der Waals surface area contributed by atoms with Gasteiger partial charge in [-0.25, -0.2) is 0 Å². The van der Waals surface area contributed by atoms with Crippen molar-refractivity contribution < 1.29 is 9.47 Å². The molecule has 0 heterocycles. The van der Waals surface area contributed by atoms with Crippen LogP contribution in [0.25, 0.3) is 0 Å². The normalized spacial score (nSPS) is 9.52. The largest absolute Gasteiger partial charge is 0.497 e. The molecule has 104 valence electrons. The van der Waals surface area contributed by atoms with Crippen molar-refractivity contribution in [2.24, 2.45) is 0 Å². The fourth-order valence-electron chi connectivity index (χ4n) is 2.10. The summed E-state index contributed by atoms with van der Waals surface area (Å²) in [5.74, 6) is 1.29. The third-order valence-electron chi connectivity index (χ3n) is 3.24. The predicted octanol–water partition coefficient (Wildman–Crippen LogP) is 3.04. The average molecular weight is 278 g/mol. The first-order valence-corrected chi connectivity index (χ1v) is 6.36.